The number of carbonyl (C=O) groups excluding carboxylic acids is 1. The number of amides is 1. The number of nitrogens with one attached hydrogen (secondary N) is 2. The van der Waals surface area contributed by atoms with Crippen molar-refractivity contribution in [3.05, 3.63) is 41.8 Å². The van der Waals surface area contributed by atoms with Gasteiger partial charge in [-0.2, -0.15) is 0 Å². The Morgan fingerprint density at radius 1 is 1.24 bits per heavy atom. The van der Waals surface area contributed by atoms with E-state index in [0.717, 1.165) is 17.6 Å². The molecule has 0 bridgehead atoms. The summed E-state index contributed by atoms with van der Waals surface area (Å²) in [6, 6.07) is 7.18. The maximum atomic E-state index is 13.7. The van der Waals surface area contributed by atoms with Gasteiger partial charge >= 0.3 is 0 Å². The number of aromatic nitrogens is 3. The average Bonchev–Trinajstić information content (AvgIpc) is 3.16. The second-order valence-corrected chi connectivity index (χ2v) is 7.52. The molecule has 0 radical (unpaired) electrons. The molecule has 1 aromatic carbocycles. The third kappa shape index (κ3) is 4.16. The first-order valence-corrected chi connectivity index (χ1v) is 9.37. The van der Waals surface area contributed by atoms with Crippen LogP contribution in [0.2, 0.25) is 0 Å². The Balaban J connectivity index is 1.73. The molecule has 2 heterocycles. The summed E-state index contributed by atoms with van der Waals surface area (Å²) < 4.78 is 43.0. The molecule has 0 saturated carbocycles. The first-order valence-electron chi connectivity index (χ1n) is 6.66. The first kappa shape index (κ1) is 17.0. The van der Waals surface area contributed by atoms with Crippen molar-refractivity contribution in [2.24, 2.45) is 0 Å². The fourth-order valence-corrected chi connectivity index (χ4v) is 3.27. The molecule has 2 N–H and O–H groups in total. The van der Waals surface area contributed by atoms with Crippen molar-refractivity contribution in [2.45, 2.75) is 0 Å². The maximum absolute atomic E-state index is 13.7. The largest absolute Gasteiger partial charge is 0.355 e. The molecule has 130 valence electrons. The van der Waals surface area contributed by atoms with Crippen molar-refractivity contribution in [2.75, 3.05) is 16.3 Å². The molecule has 12 heteroatoms. The number of carbonyl (C=O) groups is 1. The van der Waals surface area contributed by atoms with E-state index in [2.05, 4.69) is 25.4 Å². The topological polar surface area (TPSA) is 127 Å². The summed E-state index contributed by atoms with van der Waals surface area (Å²) in [5, 5.41) is 13.3. The van der Waals surface area contributed by atoms with Gasteiger partial charge in [0.2, 0.25) is 20.3 Å². The van der Waals surface area contributed by atoms with Gasteiger partial charge in [-0.1, -0.05) is 28.6 Å². The molecule has 0 saturated heterocycles. The Bertz CT molecular complexity index is 1030. The van der Waals surface area contributed by atoms with Crippen LogP contribution >= 0.6 is 11.3 Å². The van der Waals surface area contributed by atoms with E-state index in [0.29, 0.717) is 0 Å². The number of nitrogens with zero attached hydrogens (tertiary/aromatic N) is 3. The van der Waals surface area contributed by atoms with Crippen molar-refractivity contribution < 1.29 is 22.1 Å². The van der Waals surface area contributed by atoms with E-state index >= 15 is 0 Å². The molecule has 0 unspecified atom stereocenters. The molecular formula is C13H10FN5O4S2. The second kappa shape index (κ2) is 6.57. The van der Waals surface area contributed by atoms with E-state index in [1.54, 1.807) is 6.07 Å². The number of sulfonamides is 1. The summed E-state index contributed by atoms with van der Waals surface area (Å²) >= 11 is 0.826. The SMILES string of the molecule is CS(=O)(=O)Nc1nnc(NC(=O)c2cc(-c3ccccc3F)on2)s1. The summed E-state index contributed by atoms with van der Waals surface area (Å²) in [5.41, 5.74) is 0.0793. The zero-order chi connectivity index (χ0) is 18.0. The Labute approximate surface area is 144 Å². The highest BCUT2D eigenvalue weighted by Crippen LogP contribution is 2.24. The van der Waals surface area contributed by atoms with Crippen LogP contribution in [0.4, 0.5) is 14.7 Å². The van der Waals surface area contributed by atoms with Crippen LogP contribution in [-0.2, 0) is 10.0 Å². The zero-order valence-electron chi connectivity index (χ0n) is 12.6. The number of rotatable bonds is 5. The van der Waals surface area contributed by atoms with Gasteiger partial charge in [0, 0.05) is 6.07 Å². The molecule has 0 aliphatic heterocycles. The van der Waals surface area contributed by atoms with E-state index in [9.17, 15) is 17.6 Å². The summed E-state index contributed by atoms with van der Waals surface area (Å²) in [6.45, 7) is 0. The quantitative estimate of drug-likeness (QED) is 0.689. The molecule has 0 spiro atoms. The zero-order valence-corrected chi connectivity index (χ0v) is 14.2. The monoisotopic (exact) mass is 383 g/mol. The molecule has 0 aliphatic carbocycles. The normalized spacial score (nSPS) is 11.3. The maximum Gasteiger partial charge on any atom is 0.279 e. The van der Waals surface area contributed by atoms with Crippen LogP contribution in [0.1, 0.15) is 10.5 Å². The Hall–Kier alpha value is -2.86. The van der Waals surface area contributed by atoms with Crippen LogP contribution in [-0.4, -0.2) is 35.9 Å². The molecule has 0 aliphatic rings. The molecule has 0 fully saturated rings. The van der Waals surface area contributed by atoms with Crippen molar-refractivity contribution >= 4 is 37.5 Å². The fourth-order valence-electron chi connectivity index (χ4n) is 1.80. The third-order valence-corrected chi connectivity index (χ3v) is 4.25. The van der Waals surface area contributed by atoms with Crippen molar-refractivity contribution in [3.8, 4) is 11.3 Å². The molecule has 3 aromatic rings. The number of hydrogen-bond acceptors (Lipinski definition) is 8. The molecule has 2 aromatic heterocycles. The van der Waals surface area contributed by atoms with Crippen LogP contribution in [0.3, 0.4) is 0 Å². The summed E-state index contributed by atoms with van der Waals surface area (Å²) in [4.78, 5) is 12.1. The molecule has 25 heavy (non-hydrogen) atoms. The summed E-state index contributed by atoms with van der Waals surface area (Å²) in [7, 11) is -3.49. The Morgan fingerprint density at radius 3 is 2.68 bits per heavy atom. The smallest absolute Gasteiger partial charge is 0.279 e. The van der Waals surface area contributed by atoms with Gasteiger partial charge in [-0.3, -0.25) is 14.8 Å². The van der Waals surface area contributed by atoms with Gasteiger partial charge in [-0.25, -0.2) is 12.8 Å². The van der Waals surface area contributed by atoms with Gasteiger partial charge in [0.25, 0.3) is 5.91 Å². The molecule has 0 atom stereocenters. The van der Waals surface area contributed by atoms with Gasteiger partial charge in [0.15, 0.2) is 11.5 Å². The van der Waals surface area contributed by atoms with Gasteiger partial charge in [0.05, 0.1) is 11.8 Å². The Kier molecular flexibility index (Phi) is 4.46. The fraction of sp³-hybridized carbons (Fsp3) is 0.0769. The lowest BCUT2D eigenvalue weighted by molar-refractivity contribution is 0.101. The third-order valence-electron chi connectivity index (χ3n) is 2.80. The van der Waals surface area contributed by atoms with Crippen LogP contribution in [0.15, 0.2) is 34.9 Å². The minimum atomic E-state index is -3.49. The van der Waals surface area contributed by atoms with Gasteiger partial charge in [0.1, 0.15) is 5.82 Å². The van der Waals surface area contributed by atoms with Crippen LogP contribution in [0.5, 0.6) is 0 Å². The number of halogens is 1. The highest BCUT2D eigenvalue weighted by Gasteiger charge is 2.18. The minimum Gasteiger partial charge on any atom is -0.355 e. The molecular weight excluding hydrogens is 373 g/mol. The van der Waals surface area contributed by atoms with Gasteiger partial charge < -0.3 is 4.52 Å². The van der Waals surface area contributed by atoms with Gasteiger partial charge in [-0.05, 0) is 12.1 Å². The lowest BCUT2D eigenvalue weighted by atomic mass is 10.1. The van der Waals surface area contributed by atoms with E-state index in [1.165, 1.54) is 24.3 Å². The van der Waals surface area contributed by atoms with Crippen molar-refractivity contribution in [3.63, 3.8) is 0 Å². The highest BCUT2D eigenvalue weighted by atomic mass is 32.2. The lowest BCUT2D eigenvalue weighted by Crippen LogP contribution is -2.11. The molecule has 9 nitrogen and oxygen atoms in total. The number of anilines is 2. The van der Waals surface area contributed by atoms with Crippen molar-refractivity contribution in [1.29, 1.82) is 0 Å². The minimum absolute atomic E-state index is 0.00463. The van der Waals surface area contributed by atoms with Crippen LogP contribution in [0.25, 0.3) is 11.3 Å². The summed E-state index contributed by atoms with van der Waals surface area (Å²) in [6.07, 6.45) is 0.965. The predicted molar refractivity (Wildman–Crippen MR) is 88.2 cm³/mol. The van der Waals surface area contributed by atoms with E-state index in [4.69, 9.17) is 4.52 Å². The van der Waals surface area contributed by atoms with Crippen LogP contribution < -0.4 is 10.0 Å². The number of benzene rings is 1. The first-order chi connectivity index (χ1) is 11.8. The van der Waals surface area contributed by atoms with E-state index in [1.807, 2.05) is 0 Å². The molecule has 1 amide bonds. The van der Waals surface area contributed by atoms with Crippen molar-refractivity contribution in [1.82, 2.24) is 15.4 Å². The average molecular weight is 383 g/mol. The van der Waals surface area contributed by atoms with Crippen LogP contribution in [0, 0.1) is 5.82 Å². The number of hydrogen-bond donors (Lipinski definition) is 2. The van der Waals surface area contributed by atoms with E-state index in [-0.39, 0.29) is 27.3 Å². The summed E-state index contributed by atoms with van der Waals surface area (Å²) in [5.74, 6) is -1.07. The molecule has 3 rings (SSSR count). The Morgan fingerprint density at radius 2 is 1.96 bits per heavy atom. The lowest BCUT2D eigenvalue weighted by Gasteiger charge is -1.96. The standard InChI is InChI=1S/C13H10FN5O4S2/c1-25(21,22)19-13-17-16-12(24-13)15-11(20)9-6-10(23-18-9)7-4-2-3-5-8(7)14/h2-6H,1H3,(H,17,19)(H,15,16,20). The highest BCUT2D eigenvalue weighted by molar-refractivity contribution is 7.92. The van der Waals surface area contributed by atoms with Gasteiger partial charge in [-0.15, -0.1) is 10.2 Å². The second-order valence-electron chi connectivity index (χ2n) is 4.80. The predicted octanol–water partition coefficient (Wildman–Crippen LogP) is 1.96. The van der Waals surface area contributed by atoms with E-state index < -0.39 is 21.7 Å².